The molecule has 1 heterocycles. The third-order valence-electron chi connectivity index (χ3n) is 3.86. The minimum Gasteiger partial charge on any atom is -0.507 e. The SMILES string of the molecule is O=C(N/N=C/c1cc(Cl)ccc1O)c1ccccc1Nc1ccnc(C(F)(F)F)c1. The van der Waals surface area contributed by atoms with Crippen LogP contribution in [0.5, 0.6) is 5.75 Å². The van der Waals surface area contributed by atoms with Crippen LogP contribution in [0.25, 0.3) is 0 Å². The van der Waals surface area contributed by atoms with E-state index in [0.29, 0.717) is 10.6 Å². The van der Waals surface area contributed by atoms with E-state index < -0.39 is 17.8 Å². The van der Waals surface area contributed by atoms with Crippen LogP contribution < -0.4 is 10.7 Å². The number of nitrogens with zero attached hydrogens (tertiary/aromatic N) is 2. The van der Waals surface area contributed by atoms with Gasteiger partial charge in [0.15, 0.2) is 0 Å². The van der Waals surface area contributed by atoms with Crippen LogP contribution in [-0.2, 0) is 6.18 Å². The quantitative estimate of drug-likeness (QED) is 0.391. The Morgan fingerprint density at radius 1 is 1.13 bits per heavy atom. The molecule has 3 N–H and O–H groups in total. The number of anilines is 2. The lowest BCUT2D eigenvalue weighted by atomic mass is 10.1. The Bertz CT molecular complexity index is 1100. The van der Waals surface area contributed by atoms with Crippen molar-refractivity contribution in [2.45, 2.75) is 6.18 Å². The standard InChI is InChI=1S/C20H14ClF3N4O2/c21-13-5-6-17(29)12(9-13)11-26-28-19(30)15-3-1-2-4-16(15)27-14-7-8-25-18(10-14)20(22,23)24/h1-11,29H,(H,25,27)(H,28,30)/b26-11+. The van der Waals surface area contributed by atoms with Gasteiger partial charge in [-0.15, -0.1) is 0 Å². The summed E-state index contributed by atoms with van der Waals surface area (Å²) in [5, 5.41) is 16.7. The van der Waals surface area contributed by atoms with Crippen LogP contribution in [0.4, 0.5) is 24.5 Å². The molecule has 0 bridgehead atoms. The van der Waals surface area contributed by atoms with Crippen molar-refractivity contribution >= 4 is 35.1 Å². The Morgan fingerprint density at radius 2 is 1.90 bits per heavy atom. The van der Waals surface area contributed by atoms with Gasteiger partial charge in [-0.25, -0.2) is 5.43 Å². The zero-order valence-corrected chi connectivity index (χ0v) is 15.9. The van der Waals surface area contributed by atoms with Gasteiger partial charge in [0.25, 0.3) is 5.91 Å². The molecule has 154 valence electrons. The van der Waals surface area contributed by atoms with Gasteiger partial charge in [0.1, 0.15) is 11.4 Å². The predicted molar refractivity (Wildman–Crippen MR) is 107 cm³/mol. The van der Waals surface area contributed by atoms with Crippen LogP contribution in [0, 0.1) is 0 Å². The van der Waals surface area contributed by atoms with Gasteiger partial charge in [0.05, 0.1) is 17.5 Å². The number of carbonyl (C=O) groups is 1. The molecule has 30 heavy (non-hydrogen) atoms. The van der Waals surface area contributed by atoms with Crippen molar-refractivity contribution in [3.8, 4) is 5.75 Å². The highest BCUT2D eigenvalue weighted by Gasteiger charge is 2.32. The molecule has 0 atom stereocenters. The number of amides is 1. The Labute approximate surface area is 174 Å². The Balaban J connectivity index is 1.77. The second kappa shape index (κ2) is 8.83. The fourth-order valence-electron chi connectivity index (χ4n) is 2.46. The molecule has 10 heteroatoms. The molecule has 3 aromatic rings. The molecule has 0 spiro atoms. The second-order valence-electron chi connectivity index (χ2n) is 6.00. The number of pyridine rings is 1. The summed E-state index contributed by atoms with van der Waals surface area (Å²) in [5.74, 6) is -0.682. The zero-order chi connectivity index (χ0) is 21.7. The van der Waals surface area contributed by atoms with Crippen LogP contribution in [-0.4, -0.2) is 22.2 Å². The van der Waals surface area contributed by atoms with Gasteiger partial charge in [-0.1, -0.05) is 23.7 Å². The molecule has 2 aromatic carbocycles. The number of hydrazone groups is 1. The summed E-state index contributed by atoms with van der Waals surface area (Å²) in [6.07, 6.45) is -2.35. The highest BCUT2D eigenvalue weighted by molar-refractivity contribution is 6.30. The molecular weight excluding hydrogens is 421 g/mol. The molecule has 0 aliphatic carbocycles. The first kappa shape index (κ1) is 21.1. The minimum atomic E-state index is -4.59. The number of alkyl halides is 3. The Morgan fingerprint density at radius 3 is 2.67 bits per heavy atom. The molecule has 3 rings (SSSR count). The minimum absolute atomic E-state index is 0.0716. The smallest absolute Gasteiger partial charge is 0.433 e. The maximum absolute atomic E-state index is 12.9. The van der Waals surface area contributed by atoms with E-state index in [9.17, 15) is 23.1 Å². The van der Waals surface area contributed by atoms with Gasteiger partial charge in [-0.05, 0) is 42.5 Å². The van der Waals surface area contributed by atoms with Crippen LogP contribution in [0.2, 0.25) is 5.02 Å². The highest BCUT2D eigenvalue weighted by Crippen LogP contribution is 2.30. The van der Waals surface area contributed by atoms with Crippen LogP contribution in [0.1, 0.15) is 21.6 Å². The number of halogens is 4. The van der Waals surface area contributed by atoms with Gasteiger partial charge in [0, 0.05) is 22.5 Å². The summed E-state index contributed by atoms with van der Waals surface area (Å²) >= 11 is 5.85. The number of benzene rings is 2. The van der Waals surface area contributed by atoms with E-state index in [4.69, 9.17) is 11.6 Å². The Hall–Kier alpha value is -3.59. The highest BCUT2D eigenvalue weighted by atomic mass is 35.5. The van der Waals surface area contributed by atoms with Gasteiger partial charge in [-0.2, -0.15) is 18.3 Å². The molecule has 1 amide bonds. The first-order valence-corrected chi connectivity index (χ1v) is 8.83. The number of hydrogen-bond donors (Lipinski definition) is 3. The van der Waals surface area contributed by atoms with Crippen molar-refractivity contribution in [1.29, 1.82) is 0 Å². The van der Waals surface area contributed by atoms with Crippen molar-refractivity contribution in [3.05, 3.63) is 82.6 Å². The topological polar surface area (TPSA) is 86.6 Å². The number of aromatic nitrogens is 1. The average Bonchev–Trinajstić information content (AvgIpc) is 2.70. The second-order valence-corrected chi connectivity index (χ2v) is 6.44. The fraction of sp³-hybridized carbons (Fsp3) is 0.0500. The first-order valence-electron chi connectivity index (χ1n) is 8.45. The van der Waals surface area contributed by atoms with E-state index in [2.05, 4.69) is 20.8 Å². The van der Waals surface area contributed by atoms with Crippen LogP contribution in [0.3, 0.4) is 0 Å². The van der Waals surface area contributed by atoms with E-state index in [0.717, 1.165) is 12.3 Å². The monoisotopic (exact) mass is 434 g/mol. The number of hydrogen-bond acceptors (Lipinski definition) is 5. The number of phenols is 1. The molecule has 1 aromatic heterocycles. The van der Waals surface area contributed by atoms with E-state index in [1.54, 1.807) is 12.1 Å². The number of aromatic hydroxyl groups is 1. The summed E-state index contributed by atoms with van der Waals surface area (Å²) in [6, 6.07) is 12.8. The molecule has 6 nitrogen and oxygen atoms in total. The maximum atomic E-state index is 12.9. The van der Waals surface area contributed by atoms with E-state index in [1.165, 1.54) is 42.6 Å². The van der Waals surface area contributed by atoms with Gasteiger partial charge in [-0.3, -0.25) is 9.78 Å². The molecule has 0 radical (unpaired) electrons. The molecule has 0 saturated heterocycles. The largest absolute Gasteiger partial charge is 0.507 e. The summed E-state index contributed by atoms with van der Waals surface area (Å²) in [6.45, 7) is 0. The Kier molecular flexibility index (Phi) is 6.22. The number of phenolic OH excluding ortho intramolecular Hbond substituents is 1. The first-order chi connectivity index (χ1) is 14.2. The summed E-state index contributed by atoms with van der Waals surface area (Å²) in [5.41, 5.74) is 2.08. The van der Waals surface area contributed by atoms with Crippen molar-refractivity contribution in [1.82, 2.24) is 10.4 Å². The van der Waals surface area contributed by atoms with Crippen molar-refractivity contribution in [3.63, 3.8) is 0 Å². The molecule has 0 aliphatic heterocycles. The summed E-state index contributed by atoms with van der Waals surface area (Å²) < 4.78 is 38.6. The van der Waals surface area contributed by atoms with Crippen molar-refractivity contribution in [2.24, 2.45) is 5.10 Å². The van der Waals surface area contributed by atoms with E-state index >= 15 is 0 Å². The third kappa shape index (κ3) is 5.26. The zero-order valence-electron chi connectivity index (χ0n) is 15.1. The lowest BCUT2D eigenvalue weighted by Gasteiger charge is -2.12. The van der Waals surface area contributed by atoms with Crippen molar-refractivity contribution in [2.75, 3.05) is 5.32 Å². The van der Waals surface area contributed by atoms with Gasteiger partial charge >= 0.3 is 6.18 Å². The molecule has 0 fully saturated rings. The number of carbonyl (C=O) groups excluding carboxylic acids is 1. The van der Waals surface area contributed by atoms with E-state index in [-0.39, 0.29) is 22.7 Å². The number of rotatable bonds is 5. The molecule has 0 aliphatic rings. The normalized spacial score (nSPS) is 11.5. The maximum Gasteiger partial charge on any atom is 0.433 e. The van der Waals surface area contributed by atoms with Gasteiger partial charge < -0.3 is 10.4 Å². The summed E-state index contributed by atoms with van der Waals surface area (Å²) in [7, 11) is 0. The molecule has 0 unspecified atom stereocenters. The van der Waals surface area contributed by atoms with E-state index in [1.807, 2.05) is 0 Å². The van der Waals surface area contributed by atoms with Crippen LogP contribution >= 0.6 is 11.6 Å². The lowest BCUT2D eigenvalue weighted by molar-refractivity contribution is -0.141. The molecular formula is C20H14ClF3N4O2. The third-order valence-corrected chi connectivity index (χ3v) is 4.10. The number of para-hydroxylation sites is 1. The predicted octanol–water partition coefficient (Wildman–Crippen LogP) is 4.97. The van der Waals surface area contributed by atoms with Crippen molar-refractivity contribution < 1.29 is 23.1 Å². The molecule has 0 saturated carbocycles. The van der Waals surface area contributed by atoms with Crippen LogP contribution in [0.15, 0.2) is 65.9 Å². The average molecular weight is 435 g/mol. The fourth-order valence-corrected chi connectivity index (χ4v) is 2.64. The lowest BCUT2D eigenvalue weighted by Crippen LogP contribution is -2.19. The summed E-state index contributed by atoms with van der Waals surface area (Å²) in [4.78, 5) is 15.8. The van der Waals surface area contributed by atoms with Gasteiger partial charge in [0.2, 0.25) is 0 Å². The number of nitrogens with one attached hydrogen (secondary N) is 2.